The first-order valence-corrected chi connectivity index (χ1v) is 4.28. The van der Waals surface area contributed by atoms with Crippen molar-refractivity contribution in [2.75, 3.05) is 6.54 Å². The van der Waals surface area contributed by atoms with Crippen molar-refractivity contribution in [1.29, 1.82) is 0 Å². The summed E-state index contributed by atoms with van der Waals surface area (Å²) in [5.74, 6) is 0. The molecule has 15 heavy (non-hydrogen) atoms. The monoisotopic (exact) mass is 254 g/mol. The number of nitrogens with one attached hydrogen (secondary N) is 1. The molecule has 0 aliphatic heterocycles. The Bertz CT molecular complexity index is 214. The Morgan fingerprint density at radius 3 is 2.27 bits per heavy atom. The Kier molecular flexibility index (Phi) is 8.65. The fourth-order valence-corrected chi connectivity index (χ4v) is 0.652. The molecule has 0 saturated carbocycles. The van der Waals surface area contributed by atoms with Gasteiger partial charge in [-0.15, -0.1) is 0 Å². The summed E-state index contributed by atoms with van der Waals surface area (Å²) in [5, 5.41) is 2.03. The predicted octanol–water partition coefficient (Wildman–Crippen LogP) is -0.279. The number of carbonyl (C=O) groups is 1. The molecule has 0 aromatic carbocycles. The molecule has 0 aromatic rings. The molecule has 0 bridgehead atoms. The van der Waals surface area contributed by atoms with Gasteiger partial charge >= 0.3 is 64.5 Å². The number of alkyl carbamates (subject to hydrolysis) is 1. The zero-order valence-electron chi connectivity index (χ0n) is 10.4. The topological polar surface area (TPSA) is 38.3 Å². The molecule has 8 heteroatoms. The van der Waals surface area contributed by atoms with Gasteiger partial charge in [0.15, 0.2) is 0 Å². The second-order valence-electron chi connectivity index (χ2n) is 3.93. The van der Waals surface area contributed by atoms with E-state index in [1.807, 2.05) is 5.32 Å². The Labute approximate surface area is 133 Å². The average molecular weight is 254 g/mol. The maximum atomic E-state index is 11.7. The largest absolute Gasteiger partial charge is 1.00 e. The Morgan fingerprint density at radius 2 is 1.93 bits per heavy atom. The van der Waals surface area contributed by atoms with Crippen LogP contribution in [0.25, 0.3) is 0 Å². The van der Waals surface area contributed by atoms with Crippen LogP contribution in [0, 0.1) is 0 Å². The van der Waals surface area contributed by atoms with E-state index in [9.17, 15) is 17.7 Å². The second kappa shape index (κ2) is 7.16. The van der Waals surface area contributed by atoms with Gasteiger partial charge in [0.05, 0.1) is 0 Å². The van der Waals surface area contributed by atoms with Crippen LogP contribution in [0.1, 0.15) is 23.6 Å². The minimum absolute atomic E-state index is 0. The number of carbonyl (C=O) groups excluding carboxylic acids is 1. The molecular formula is C7H17BF3KNO2-. The summed E-state index contributed by atoms with van der Waals surface area (Å²) in [6.07, 6.45) is -1.81. The van der Waals surface area contributed by atoms with Gasteiger partial charge in [0.1, 0.15) is 5.60 Å². The van der Waals surface area contributed by atoms with Crippen molar-refractivity contribution in [3.05, 3.63) is 0 Å². The number of hydrogen-bond acceptors (Lipinski definition) is 2. The van der Waals surface area contributed by atoms with E-state index in [2.05, 4.69) is 0 Å². The Hall–Kier alpha value is 0.761. The van der Waals surface area contributed by atoms with Crippen LogP contribution in [0.15, 0.2) is 0 Å². The molecule has 0 spiro atoms. The minimum atomic E-state index is -4.84. The number of ether oxygens (including phenoxy) is 1. The molecule has 0 saturated heterocycles. The SMILES string of the molecule is CC(C)(C)OC(=O)NCC[B-](F)(F)F.[H-].[HH].[K+]. The predicted molar refractivity (Wildman–Crippen MR) is 51.3 cm³/mol. The number of hydrogen-bond donors (Lipinski definition) is 1. The van der Waals surface area contributed by atoms with Crippen LogP contribution in [-0.4, -0.2) is 25.2 Å². The number of amides is 1. The first-order chi connectivity index (χ1) is 6.10. The van der Waals surface area contributed by atoms with Gasteiger partial charge in [-0.3, -0.25) is 0 Å². The molecule has 1 amide bonds. The quantitative estimate of drug-likeness (QED) is 0.703. The standard InChI is InChI=1S/C7H14BF3NO2.K.H2.H/c1-7(2,3)14-6(13)12-5-4-8(9,10)11;;;/h4-5H2,1-3H3,(H,12,13);;1H;/q-1;+1;;-1. The van der Waals surface area contributed by atoms with Crippen LogP contribution in [0.3, 0.4) is 0 Å². The van der Waals surface area contributed by atoms with Crippen LogP contribution in [-0.2, 0) is 4.74 Å². The summed E-state index contributed by atoms with van der Waals surface area (Å²) in [6, 6.07) is 0. The maximum absolute atomic E-state index is 11.7. The number of halogens is 3. The second-order valence-corrected chi connectivity index (χ2v) is 3.93. The van der Waals surface area contributed by atoms with Crippen LogP contribution in [0.2, 0.25) is 6.32 Å². The zero-order chi connectivity index (χ0) is 11.4. The van der Waals surface area contributed by atoms with E-state index in [-0.39, 0.29) is 54.2 Å². The fraction of sp³-hybridized carbons (Fsp3) is 0.857. The van der Waals surface area contributed by atoms with Gasteiger partial charge in [-0.1, -0.05) is 6.32 Å². The van der Waals surface area contributed by atoms with Crippen LogP contribution in [0.4, 0.5) is 17.7 Å². The van der Waals surface area contributed by atoms with E-state index in [1.54, 1.807) is 20.8 Å². The molecule has 3 nitrogen and oxygen atoms in total. The smallest absolute Gasteiger partial charge is 1.00 e. The van der Waals surface area contributed by atoms with Crippen molar-refractivity contribution in [3.8, 4) is 0 Å². The molecule has 0 unspecified atom stereocenters. The minimum Gasteiger partial charge on any atom is -1.00 e. The molecule has 1 N–H and O–H groups in total. The summed E-state index contributed by atoms with van der Waals surface area (Å²) in [7, 11) is 0. The molecular weight excluding hydrogens is 237 g/mol. The fourth-order valence-electron chi connectivity index (χ4n) is 0.652. The van der Waals surface area contributed by atoms with Gasteiger partial charge in [0.25, 0.3) is 0 Å². The van der Waals surface area contributed by atoms with Gasteiger partial charge in [0, 0.05) is 1.43 Å². The van der Waals surface area contributed by atoms with Crippen molar-refractivity contribution in [2.45, 2.75) is 32.7 Å². The van der Waals surface area contributed by atoms with Gasteiger partial charge in [-0.25, -0.2) is 4.79 Å². The van der Waals surface area contributed by atoms with E-state index in [0.29, 0.717) is 0 Å². The third kappa shape index (κ3) is 14.8. The van der Waals surface area contributed by atoms with Gasteiger partial charge < -0.3 is 24.4 Å². The van der Waals surface area contributed by atoms with Gasteiger partial charge in [0.2, 0.25) is 0 Å². The normalized spacial score (nSPS) is 11.6. The third-order valence-corrected chi connectivity index (χ3v) is 1.14. The van der Waals surface area contributed by atoms with Crippen molar-refractivity contribution in [1.82, 2.24) is 5.32 Å². The van der Waals surface area contributed by atoms with Crippen LogP contribution < -0.4 is 56.7 Å². The van der Waals surface area contributed by atoms with Crippen molar-refractivity contribution in [2.24, 2.45) is 0 Å². The van der Waals surface area contributed by atoms with Crippen molar-refractivity contribution in [3.63, 3.8) is 0 Å². The Balaban J connectivity index is -0.000000282. The molecule has 0 aliphatic rings. The van der Waals surface area contributed by atoms with Gasteiger partial charge in [-0.05, 0) is 27.3 Å². The summed E-state index contributed by atoms with van der Waals surface area (Å²) < 4.78 is 39.9. The molecule has 0 aliphatic carbocycles. The van der Waals surface area contributed by atoms with E-state index >= 15 is 0 Å². The summed E-state index contributed by atoms with van der Waals surface area (Å²) in [5.41, 5.74) is -0.687. The molecule has 0 radical (unpaired) electrons. The van der Waals surface area contributed by atoms with Crippen molar-refractivity contribution >= 4 is 13.1 Å². The molecule has 0 fully saturated rings. The summed E-state index contributed by atoms with van der Waals surface area (Å²) >= 11 is 0. The van der Waals surface area contributed by atoms with E-state index < -0.39 is 31.5 Å². The summed E-state index contributed by atoms with van der Waals surface area (Å²) in [4.78, 5) is 10.9. The summed E-state index contributed by atoms with van der Waals surface area (Å²) in [6.45, 7) is -0.354. The Morgan fingerprint density at radius 1 is 1.47 bits per heavy atom. The molecule has 88 valence electrons. The first-order valence-electron chi connectivity index (χ1n) is 4.28. The number of rotatable bonds is 3. The van der Waals surface area contributed by atoms with E-state index in [0.717, 1.165) is 0 Å². The van der Waals surface area contributed by atoms with Crippen molar-refractivity contribution < 1.29 is 76.7 Å². The zero-order valence-corrected chi connectivity index (χ0v) is 12.6. The first kappa shape index (κ1) is 18.1. The third-order valence-electron chi connectivity index (χ3n) is 1.14. The molecule has 0 heterocycles. The van der Waals surface area contributed by atoms with Crippen LogP contribution in [0.5, 0.6) is 0 Å². The molecule has 0 aromatic heterocycles. The van der Waals surface area contributed by atoms with E-state index in [4.69, 9.17) is 4.74 Å². The molecule has 0 atom stereocenters. The molecule has 0 rings (SSSR count). The van der Waals surface area contributed by atoms with Gasteiger partial charge in [-0.2, -0.15) is 0 Å². The van der Waals surface area contributed by atoms with E-state index in [1.165, 1.54) is 0 Å². The van der Waals surface area contributed by atoms with Crippen LogP contribution >= 0.6 is 0 Å². The average Bonchev–Trinajstić information content (AvgIpc) is 1.78. The maximum Gasteiger partial charge on any atom is 1.00 e.